The van der Waals surface area contributed by atoms with Crippen molar-refractivity contribution in [3.63, 3.8) is 0 Å². The minimum atomic E-state index is -3.69. The molecule has 0 saturated carbocycles. The summed E-state index contributed by atoms with van der Waals surface area (Å²) in [6.45, 7) is 1.56. The van der Waals surface area contributed by atoms with E-state index in [1.54, 1.807) is 31.4 Å². The average Bonchev–Trinajstić information content (AvgIpc) is 2.89. The van der Waals surface area contributed by atoms with E-state index in [2.05, 4.69) is 0 Å². The molecular formula is C27H30N2O4S. The van der Waals surface area contributed by atoms with E-state index in [0.717, 1.165) is 11.1 Å². The Balaban J connectivity index is 1.53. The molecular weight excluding hydrogens is 448 g/mol. The molecule has 1 fully saturated rings. The van der Waals surface area contributed by atoms with Gasteiger partial charge in [0.2, 0.25) is 15.9 Å². The topological polar surface area (TPSA) is 66.9 Å². The maximum atomic E-state index is 13.7. The summed E-state index contributed by atoms with van der Waals surface area (Å²) >= 11 is 0. The van der Waals surface area contributed by atoms with Crippen molar-refractivity contribution in [2.75, 3.05) is 20.2 Å². The average molecular weight is 479 g/mol. The summed E-state index contributed by atoms with van der Waals surface area (Å²) in [6.07, 6.45) is 1.32. The Morgan fingerprint density at radius 2 is 1.47 bits per heavy atom. The van der Waals surface area contributed by atoms with Gasteiger partial charge in [0.05, 0.1) is 17.9 Å². The Morgan fingerprint density at radius 3 is 2.00 bits per heavy atom. The van der Waals surface area contributed by atoms with Gasteiger partial charge in [0.25, 0.3) is 0 Å². The van der Waals surface area contributed by atoms with Gasteiger partial charge >= 0.3 is 0 Å². The Kier molecular flexibility index (Phi) is 7.65. The second-order valence-electron chi connectivity index (χ2n) is 8.54. The lowest BCUT2D eigenvalue weighted by atomic mass is 9.97. The molecule has 0 unspecified atom stereocenters. The predicted octanol–water partition coefficient (Wildman–Crippen LogP) is 4.32. The maximum absolute atomic E-state index is 13.7. The number of methoxy groups -OCH3 is 1. The summed E-state index contributed by atoms with van der Waals surface area (Å²) in [5, 5.41) is 0. The van der Waals surface area contributed by atoms with Crippen LogP contribution in [0.2, 0.25) is 0 Å². The fourth-order valence-corrected chi connectivity index (χ4v) is 5.86. The van der Waals surface area contributed by atoms with E-state index in [0.29, 0.717) is 38.2 Å². The van der Waals surface area contributed by atoms with Gasteiger partial charge in [-0.05, 0) is 48.2 Å². The summed E-state index contributed by atoms with van der Waals surface area (Å²) in [5.74, 6) is 0.208. The monoisotopic (exact) mass is 478 g/mol. The minimum Gasteiger partial charge on any atom is -0.497 e. The molecule has 0 radical (unpaired) electrons. The number of ether oxygens (including phenoxy) is 1. The minimum absolute atomic E-state index is 0.0117. The summed E-state index contributed by atoms with van der Waals surface area (Å²) in [7, 11) is -2.15. The normalized spacial score (nSPS) is 16.7. The van der Waals surface area contributed by atoms with Crippen LogP contribution in [0.25, 0.3) is 0 Å². The number of rotatable bonds is 8. The van der Waals surface area contributed by atoms with E-state index in [1.807, 2.05) is 65.6 Å². The number of piperidine rings is 1. The fraction of sp³-hybridized carbons (Fsp3) is 0.296. The van der Waals surface area contributed by atoms with Crippen LogP contribution >= 0.6 is 0 Å². The molecule has 0 aliphatic carbocycles. The zero-order chi connectivity index (χ0) is 24.0. The first kappa shape index (κ1) is 24.0. The van der Waals surface area contributed by atoms with Crippen molar-refractivity contribution in [2.45, 2.75) is 30.8 Å². The summed E-state index contributed by atoms with van der Waals surface area (Å²) in [5.41, 5.74) is 2.09. The van der Waals surface area contributed by atoms with Crippen LogP contribution in [0.1, 0.15) is 24.0 Å². The molecule has 7 heteroatoms. The van der Waals surface area contributed by atoms with Crippen LogP contribution in [0, 0.1) is 5.92 Å². The molecule has 1 aliphatic rings. The van der Waals surface area contributed by atoms with Crippen LogP contribution in [-0.4, -0.2) is 43.7 Å². The van der Waals surface area contributed by atoms with Crippen molar-refractivity contribution in [3.05, 3.63) is 96.1 Å². The van der Waals surface area contributed by atoms with Crippen molar-refractivity contribution >= 4 is 15.9 Å². The molecule has 0 aromatic heterocycles. The van der Waals surface area contributed by atoms with Crippen molar-refractivity contribution in [3.8, 4) is 5.75 Å². The van der Waals surface area contributed by atoms with Crippen molar-refractivity contribution in [1.29, 1.82) is 0 Å². The highest BCUT2D eigenvalue weighted by Gasteiger charge is 2.35. The van der Waals surface area contributed by atoms with E-state index >= 15 is 0 Å². The van der Waals surface area contributed by atoms with Crippen LogP contribution in [0.4, 0.5) is 0 Å². The first-order valence-electron chi connectivity index (χ1n) is 11.5. The summed E-state index contributed by atoms with van der Waals surface area (Å²) in [4.78, 5) is 15.7. The lowest BCUT2D eigenvalue weighted by Gasteiger charge is -2.34. The molecule has 3 aromatic rings. The number of carbonyl (C=O) groups is 1. The molecule has 0 spiro atoms. The van der Waals surface area contributed by atoms with Gasteiger partial charge in [0.1, 0.15) is 5.75 Å². The number of benzene rings is 3. The van der Waals surface area contributed by atoms with Crippen molar-refractivity contribution in [1.82, 2.24) is 9.21 Å². The third-order valence-electron chi connectivity index (χ3n) is 6.17. The van der Waals surface area contributed by atoms with Crippen LogP contribution in [0.15, 0.2) is 89.8 Å². The van der Waals surface area contributed by atoms with E-state index in [1.165, 1.54) is 4.31 Å². The third kappa shape index (κ3) is 5.66. The van der Waals surface area contributed by atoms with E-state index in [9.17, 15) is 13.2 Å². The van der Waals surface area contributed by atoms with Gasteiger partial charge in [0.15, 0.2) is 0 Å². The molecule has 34 heavy (non-hydrogen) atoms. The zero-order valence-corrected chi connectivity index (χ0v) is 20.2. The second-order valence-corrected chi connectivity index (χ2v) is 10.5. The van der Waals surface area contributed by atoms with Gasteiger partial charge in [-0.3, -0.25) is 4.79 Å². The lowest BCUT2D eigenvalue weighted by molar-refractivity contribution is -0.138. The molecule has 6 nitrogen and oxygen atoms in total. The first-order valence-corrected chi connectivity index (χ1v) is 12.9. The number of sulfonamides is 1. The van der Waals surface area contributed by atoms with Gasteiger partial charge in [-0.1, -0.05) is 60.7 Å². The Morgan fingerprint density at radius 1 is 0.912 bits per heavy atom. The lowest BCUT2D eigenvalue weighted by Crippen LogP contribution is -2.46. The predicted molar refractivity (Wildman–Crippen MR) is 132 cm³/mol. The van der Waals surface area contributed by atoms with Crippen LogP contribution in [0.3, 0.4) is 0 Å². The van der Waals surface area contributed by atoms with Crippen LogP contribution < -0.4 is 4.74 Å². The molecule has 1 heterocycles. The summed E-state index contributed by atoms with van der Waals surface area (Å²) < 4.78 is 33.1. The molecule has 3 aromatic carbocycles. The van der Waals surface area contributed by atoms with E-state index < -0.39 is 10.0 Å². The molecule has 0 N–H and O–H groups in total. The SMILES string of the molecule is COc1ccc(S(=O)(=O)N2CCC[C@H](C(=O)N(Cc3ccccc3)Cc3ccccc3)C2)cc1. The zero-order valence-electron chi connectivity index (χ0n) is 19.3. The third-order valence-corrected chi connectivity index (χ3v) is 8.05. The van der Waals surface area contributed by atoms with Crippen LogP contribution in [-0.2, 0) is 27.9 Å². The highest BCUT2D eigenvalue weighted by Crippen LogP contribution is 2.27. The molecule has 4 rings (SSSR count). The Hall–Kier alpha value is -3.16. The largest absolute Gasteiger partial charge is 0.497 e. The van der Waals surface area contributed by atoms with Gasteiger partial charge in [-0.25, -0.2) is 8.42 Å². The first-order chi connectivity index (χ1) is 16.5. The number of hydrogen-bond acceptors (Lipinski definition) is 4. The Labute approximate surface area is 201 Å². The number of nitrogens with zero attached hydrogens (tertiary/aromatic N) is 2. The van der Waals surface area contributed by atoms with E-state index in [4.69, 9.17) is 4.74 Å². The Bertz CT molecular complexity index is 1140. The quantitative estimate of drug-likeness (QED) is 0.484. The standard InChI is InChI=1S/C27H30N2O4S/c1-33-25-14-16-26(17-15-25)34(31,32)29-18-8-13-24(21-29)27(30)28(19-22-9-4-2-5-10-22)20-23-11-6-3-7-12-23/h2-7,9-12,14-17,24H,8,13,18-21H2,1H3/t24-/m0/s1. The molecule has 0 bridgehead atoms. The number of amides is 1. The molecule has 1 amide bonds. The fourth-order valence-electron chi connectivity index (χ4n) is 4.34. The van der Waals surface area contributed by atoms with Crippen LogP contribution in [0.5, 0.6) is 5.75 Å². The molecule has 178 valence electrons. The van der Waals surface area contributed by atoms with Crippen molar-refractivity contribution in [2.24, 2.45) is 5.92 Å². The second kappa shape index (κ2) is 10.8. The maximum Gasteiger partial charge on any atom is 0.243 e. The molecule has 1 saturated heterocycles. The number of hydrogen-bond donors (Lipinski definition) is 0. The molecule has 1 aliphatic heterocycles. The van der Waals surface area contributed by atoms with Crippen molar-refractivity contribution < 1.29 is 17.9 Å². The smallest absolute Gasteiger partial charge is 0.243 e. The van der Waals surface area contributed by atoms with Gasteiger partial charge in [-0.15, -0.1) is 0 Å². The highest BCUT2D eigenvalue weighted by atomic mass is 32.2. The van der Waals surface area contributed by atoms with Gasteiger partial charge in [0, 0.05) is 26.2 Å². The number of carbonyl (C=O) groups excluding carboxylic acids is 1. The van der Waals surface area contributed by atoms with Gasteiger partial charge < -0.3 is 9.64 Å². The van der Waals surface area contributed by atoms with Gasteiger partial charge in [-0.2, -0.15) is 4.31 Å². The highest BCUT2D eigenvalue weighted by molar-refractivity contribution is 7.89. The summed E-state index contributed by atoms with van der Waals surface area (Å²) in [6, 6.07) is 26.2. The van der Waals surface area contributed by atoms with E-state index in [-0.39, 0.29) is 23.3 Å². The molecule has 1 atom stereocenters.